The van der Waals surface area contributed by atoms with Crippen LogP contribution in [0, 0.1) is 0 Å². The Morgan fingerprint density at radius 1 is 1.12 bits per heavy atom. The molecule has 1 saturated heterocycles. The van der Waals surface area contributed by atoms with Crippen LogP contribution in [0.3, 0.4) is 0 Å². The van der Waals surface area contributed by atoms with E-state index in [4.69, 9.17) is 28.3 Å². The quantitative estimate of drug-likeness (QED) is 0.902. The lowest BCUT2D eigenvalue weighted by Crippen LogP contribution is -2.39. The van der Waals surface area contributed by atoms with Gasteiger partial charge in [0.2, 0.25) is 0 Å². The Bertz CT molecular complexity index is 783. The molecule has 1 aromatic carbocycles. The molecule has 0 saturated carbocycles. The summed E-state index contributed by atoms with van der Waals surface area (Å²) in [6, 6.07) is 4.94. The average molecular weight is 368 g/mol. The lowest BCUT2D eigenvalue weighted by molar-refractivity contribution is 0.0688. The van der Waals surface area contributed by atoms with E-state index in [1.807, 2.05) is 0 Å². The molecule has 6 nitrogen and oxygen atoms in total. The zero-order valence-electron chi connectivity index (χ0n) is 12.7. The van der Waals surface area contributed by atoms with Crippen LogP contribution in [0.15, 0.2) is 30.6 Å². The molecule has 126 valence electrons. The first-order chi connectivity index (χ1) is 11.5. The van der Waals surface area contributed by atoms with Crippen LogP contribution in [0.2, 0.25) is 10.0 Å². The summed E-state index contributed by atoms with van der Waals surface area (Å²) in [5.41, 5.74) is 0.680. The van der Waals surface area contributed by atoms with Gasteiger partial charge >= 0.3 is 5.97 Å². The number of carboxylic acid groups (broad SMARTS) is 1. The van der Waals surface area contributed by atoms with Crippen LogP contribution in [-0.2, 0) is 0 Å². The number of nitrogens with zero attached hydrogens (tertiary/aromatic N) is 3. The maximum Gasteiger partial charge on any atom is 0.338 e. The predicted molar refractivity (Wildman–Crippen MR) is 89.8 cm³/mol. The highest BCUT2D eigenvalue weighted by atomic mass is 35.5. The molecule has 2 aromatic rings. The van der Waals surface area contributed by atoms with Gasteiger partial charge in [0.25, 0.3) is 5.91 Å². The number of benzene rings is 1. The van der Waals surface area contributed by atoms with Gasteiger partial charge in [-0.2, -0.15) is 5.10 Å². The number of rotatable bonds is 3. The first kappa shape index (κ1) is 16.8. The molecule has 0 radical (unpaired) electrons. The molecule has 1 aromatic heterocycles. The highest BCUT2D eigenvalue weighted by Gasteiger charge is 2.25. The predicted octanol–water partition coefficient (Wildman–Crippen LogP) is 3.37. The van der Waals surface area contributed by atoms with Crippen molar-refractivity contribution in [1.82, 2.24) is 14.7 Å². The third-order valence-corrected chi connectivity index (χ3v) is 4.88. The molecule has 0 atom stereocenters. The summed E-state index contributed by atoms with van der Waals surface area (Å²) in [4.78, 5) is 25.2. The van der Waals surface area contributed by atoms with E-state index < -0.39 is 5.97 Å². The van der Waals surface area contributed by atoms with Crippen LogP contribution in [-0.4, -0.2) is 44.8 Å². The van der Waals surface area contributed by atoms with Gasteiger partial charge in [-0.25, -0.2) is 4.79 Å². The summed E-state index contributed by atoms with van der Waals surface area (Å²) >= 11 is 11.8. The molecule has 0 unspecified atom stereocenters. The van der Waals surface area contributed by atoms with Crippen LogP contribution in [0.25, 0.3) is 0 Å². The fourth-order valence-corrected chi connectivity index (χ4v) is 3.09. The van der Waals surface area contributed by atoms with Gasteiger partial charge in [0, 0.05) is 24.8 Å². The van der Waals surface area contributed by atoms with E-state index >= 15 is 0 Å². The van der Waals surface area contributed by atoms with Gasteiger partial charge < -0.3 is 10.0 Å². The molecule has 1 aliphatic heterocycles. The second kappa shape index (κ2) is 6.83. The molecule has 3 rings (SSSR count). The first-order valence-corrected chi connectivity index (χ1v) is 8.23. The highest BCUT2D eigenvalue weighted by Crippen LogP contribution is 2.26. The maximum atomic E-state index is 12.5. The normalized spacial score (nSPS) is 15.5. The number of halogens is 2. The SMILES string of the molecule is O=C(O)c1cnn(C2CCN(C(=O)c3ccc(Cl)c(Cl)c3)CC2)c1. The van der Waals surface area contributed by atoms with Gasteiger partial charge in [-0.1, -0.05) is 23.2 Å². The minimum absolute atomic E-state index is 0.0845. The minimum atomic E-state index is -0.992. The van der Waals surface area contributed by atoms with E-state index in [1.54, 1.807) is 27.8 Å². The van der Waals surface area contributed by atoms with Gasteiger partial charge in [-0.3, -0.25) is 9.48 Å². The molecule has 24 heavy (non-hydrogen) atoms. The summed E-state index contributed by atoms with van der Waals surface area (Å²) in [5, 5.41) is 13.8. The number of hydrogen-bond donors (Lipinski definition) is 1. The monoisotopic (exact) mass is 367 g/mol. The highest BCUT2D eigenvalue weighted by molar-refractivity contribution is 6.42. The zero-order chi connectivity index (χ0) is 17.3. The van der Waals surface area contributed by atoms with Crippen molar-refractivity contribution in [2.45, 2.75) is 18.9 Å². The maximum absolute atomic E-state index is 12.5. The van der Waals surface area contributed by atoms with Crippen molar-refractivity contribution in [3.05, 3.63) is 51.8 Å². The third-order valence-electron chi connectivity index (χ3n) is 4.14. The Labute approximate surface area is 148 Å². The van der Waals surface area contributed by atoms with E-state index in [-0.39, 0.29) is 17.5 Å². The van der Waals surface area contributed by atoms with Crippen molar-refractivity contribution in [1.29, 1.82) is 0 Å². The molecule has 0 spiro atoms. The van der Waals surface area contributed by atoms with Crippen molar-refractivity contribution in [3.8, 4) is 0 Å². The smallest absolute Gasteiger partial charge is 0.338 e. The molecule has 1 amide bonds. The first-order valence-electron chi connectivity index (χ1n) is 7.47. The molecular weight excluding hydrogens is 353 g/mol. The summed E-state index contributed by atoms with van der Waals surface area (Å²) < 4.78 is 1.67. The largest absolute Gasteiger partial charge is 0.478 e. The Morgan fingerprint density at radius 3 is 2.42 bits per heavy atom. The Balaban J connectivity index is 1.64. The molecule has 2 heterocycles. The van der Waals surface area contributed by atoms with Crippen molar-refractivity contribution in [3.63, 3.8) is 0 Å². The topological polar surface area (TPSA) is 75.4 Å². The molecule has 1 fully saturated rings. The van der Waals surface area contributed by atoms with E-state index in [9.17, 15) is 9.59 Å². The standard InChI is InChI=1S/C16H15Cl2N3O3/c17-13-2-1-10(7-14(13)18)15(22)20-5-3-12(4-6-20)21-9-11(8-19-21)16(23)24/h1-2,7-9,12H,3-6H2,(H,23,24). The number of hydrogen-bond acceptors (Lipinski definition) is 3. The van der Waals surface area contributed by atoms with Crippen molar-refractivity contribution >= 4 is 35.1 Å². The number of aromatic carboxylic acids is 1. The summed E-state index contributed by atoms with van der Waals surface area (Å²) in [6.45, 7) is 1.15. The van der Waals surface area contributed by atoms with Gasteiger partial charge in [0.05, 0.1) is 27.8 Å². The molecular formula is C16H15Cl2N3O3. The summed E-state index contributed by atoms with van der Waals surface area (Å²) in [5.74, 6) is -1.08. The molecule has 1 aliphatic rings. The van der Waals surface area contributed by atoms with Gasteiger partial charge in [-0.05, 0) is 31.0 Å². The average Bonchev–Trinajstić information content (AvgIpc) is 3.07. The lowest BCUT2D eigenvalue weighted by atomic mass is 10.0. The molecule has 0 bridgehead atoms. The Kier molecular flexibility index (Phi) is 4.78. The van der Waals surface area contributed by atoms with Crippen molar-refractivity contribution in [2.24, 2.45) is 0 Å². The number of aromatic nitrogens is 2. The van der Waals surface area contributed by atoms with E-state index in [2.05, 4.69) is 5.10 Å². The Morgan fingerprint density at radius 2 is 1.83 bits per heavy atom. The van der Waals surface area contributed by atoms with E-state index in [0.29, 0.717) is 41.5 Å². The van der Waals surface area contributed by atoms with Gasteiger partial charge in [0.1, 0.15) is 0 Å². The minimum Gasteiger partial charge on any atom is -0.478 e. The number of carbonyl (C=O) groups is 2. The van der Waals surface area contributed by atoms with Gasteiger partial charge in [-0.15, -0.1) is 0 Å². The number of amides is 1. The number of carbonyl (C=O) groups excluding carboxylic acids is 1. The number of carboxylic acids is 1. The third kappa shape index (κ3) is 3.39. The van der Waals surface area contributed by atoms with E-state index in [0.717, 1.165) is 0 Å². The fraction of sp³-hybridized carbons (Fsp3) is 0.312. The van der Waals surface area contributed by atoms with E-state index in [1.165, 1.54) is 12.4 Å². The molecule has 8 heteroatoms. The van der Waals surface area contributed by atoms with Gasteiger partial charge in [0.15, 0.2) is 0 Å². The molecule has 0 aliphatic carbocycles. The zero-order valence-corrected chi connectivity index (χ0v) is 14.2. The Hall–Kier alpha value is -2.05. The van der Waals surface area contributed by atoms with Crippen molar-refractivity contribution < 1.29 is 14.7 Å². The van der Waals surface area contributed by atoms with Crippen LogP contribution >= 0.6 is 23.2 Å². The second-order valence-electron chi connectivity index (χ2n) is 5.67. The number of piperidine rings is 1. The number of likely N-dealkylation sites (tertiary alicyclic amines) is 1. The lowest BCUT2D eigenvalue weighted by Gasteiger charge is -2.32. The molecule has 1 N–H and O–H groups in total. The summed E-state index contributed by atoms with van der Waals surface area (Å²) in [6.07, 6.45) is 4.31. The van der Waals surface area contributed by atoms with Crippen molar-refractivity contribution in [2.75, 3.05) is 13.1 Å². The second-order valence-corrected chi connectivity index (χ2v) is 6.48. The van der Waals surface area contributed by atoms with Crippen LogP contribution in [0.5, 0.6) is 0 Å². The van der Waals surface area contributed by atoms with Crippen LogP contribution in [0.4, 0.5) is 0 Å². The summed E-state index contributed by atoms with van der Waals surface area (Å²) in [7, 11) is 0. The fourth-order valence-electron chi connectivity index (χ4n) is 2.79. The van der Waals surface area contributed by atoms with Crippen LogP contribution < -0.4 is 0 Å². The van der Waals surface area contributed by atoms with Crippen LogP contribution in [0.1, 0.15) is 39.6 Å².